The lowest BCUT2D eigenvalue weighted by Gasteiger charge is -2.35. The Kier molecular flexibility index (Phi) is 3.01. The molecule has 1 unspecified atom stereocenters. The Balaban J connectivity index is 2.70. The van der Waals surface area contributed by atoms with E-state index in [1.807, 2.05) is 34.6 Å². The molecule has 1 heterocycles. The predicted octanol–water partition coefficient (Wildman–Crippen LogP) is 1.73. The molecule has 15 heavy (non-hydrogen) atoms. The van der Waals surface area contributed by atoms with Gasteiger partial charge in [-0.15, -0.1) is 0 Å². The van der Waals surface area contributed by atoms with Gasteiger partial charge in [-0.2, -0.15) is 0 Å². The van der Waals surface area contributed by atoms with Crippen molar-refractivity contribution >= 4 is 6.09 Å². The first-order valence-corrected chi connectivity index (χ1v) is 5.41. The van der Waals surface area contributed by atoms with E-state index in [4.69, 9.17) is 10.5 Å². The lowest BCUT2D eigenvalue weighted by molar-refractivity contribution is 0.0120. The standard InChI is InChI=1S/C11H22N2O2/c1-10(2,3)15-9(14)13-7-6-8(12)11(13,4)5/h8H,6-7,12H2,1-5H3. The number of nitrogens with two attached hydrogens (primary N) is 1. The van der Waals surface area contributed by atoms with Gasteiger partial charge in [0.2, 0.25) is 0 Å². The van der Waals surface area contributed by atoms with Gasteiger partial charge >= 0.3 is 6.09 Å². The van der Waals surface area contributed by atoms with E-state index in [0.717, 1.165) is 6.42 Å². The van der Waals surface area contributed by atoms with Gasteiger partial charge in [-0.05, 0) is 41.0 Å². The smallest absolute Gasteiger partial charge is 0.410 e. The van der Waals surface area contributed by atoms with Crippen molar-refractivity contribution in [1.82, 2.24) is 4.90 Å². The summed E-state index contributed by atoms with van der Waals surface area (Å²) in [5, 5.41) is 0. The molecule has 1 saturated heterocycles. The molecule has 1 atom stereocenters. The minimum absolute atomic E-state index is 0.0324. The molecule has 0 aliphatic carbocycles. The summed E-state index contributed by atoms with van der Waals surface area (Å²) in [4.78, 5) is 13.6. The van der Waals surface area contributed by atoms with Gasteiger partial charge in [0.25, 0.3) is 0 Å². The topological polar surface area (TPSA) is 55.6 Å². The van der Waals surface area contributed by atoms with E-state index in [9.17, 15) is 4.79 Å². The normalized spacial score (nSPS) is 25.5. The fourth-order valence-corrected chi connectivity index (χ4v) is 1.75. The summed E-state index contributed by atoms with van der Waals surface area (Å²) < 4.78 is 5.34. The number of ether oxygens (including phenoxy) is 1. The van der Waals surface area contributed by atoms with E-state index in [2.05, 4.69) is 0 Å². The van der Waals surface area contributed by atoms with Crippen LogP contribution in [0.15, 0.2) is 0 Å². The first kappa shape index (κ1) is 12.3. The highest BCUT2D eigenvalue weighted by Gasteiger charge is 2.43. The zero-order chi connectivity index (χ0) is 11.9. The maximum atomic E-state index is 11.9. The summed E-state index contributed by atoms with van der Waals surface area (Å²) in [5.41, 5.74) is 5.21. The van der Waals surface area contributed by atoms with Crippen molar-refractivity contribution in [3.8, 4) is 0 Å². The van der Waals surface area contributed by atoms with Crippen LogP contribution in [0.25, 0.3) is 0 Å². The van der Waals surface area contributed by atoms with Crippen LogP contribution in [0, 0.1) is 0 Å². The van der Waals surface area contributed by atoms with Crippen molar-refractivity contribution in [3.05, 3.63) is 0 Å². The number of hydrogen-bond acceptors (Lipinski definition) is 3. The molecule has 0 saturated carbocycles. The molecule has 1 aliphatic heterocycles. The molecule has 0 aromatic carbocycles. The molecule has 4 nitrogen and oxygen atoms in total. The number of carbonyl (C=O) groups excluding carboxylic acids is 1. The molecule has 0 aromatic heterocycles. The first-order valence-electron chi connectivity index (χ1n) is 5.41. The van der Waals surface area contributed by atoms with E-state index in [1.165, 1.54) is 0 Å². The van der Waals surface area contributed by atoms with E-state index in [0.29, 0.717) is 6.54 Å². The SMILES string of the molecule is CC(C)(C)OC(=O)N1CCC(N)C1(C)C. The van der Waals surface area contributed by atoms with Crippen LogP contribution in [-0.4, -0.2) is 34.7 Å². The molecule has 1 amide bonds. The number of carbonyl (C=O) groups is 1. The van der Waals surface area contributed by atoms with Crippen molar-refractivity contribution in [1.29, 1.82) is 0 Å². The Bertz CT molecular complexity index is 256. The number of hydrogen-bond donors (Lipinski definition) is 1. The maximum absolute atomic E-state index is 11.9. The summed E-state index contributed by atoms with van der Waals surface area (Å²) in [5.74, 6) is 0. The highest BCUT2D eigenvalue weighted by atomic mass is 16.6. The zero-order valence-corrected chi connectivity index (χ0v) is 10.3. The second kappa shape index (κ2) is 3.67. The molecule has 1 aliphatic rings. The highest BCUT2D eigenvalue weighted by molar-refractivity contribution is 5.69. The van der Waals surface area contributed by atoms with Gasteiger partial charge in [-0.1, -0.05) is 0 Å². The average Bonchev–Trinajstić information content (AvgIpc) is 2.23. The molecule has 0 radical (unpaired) electrons. The van der Waals surface area contributed by atoms with E-state index in [1.54, 1.807) is 4.90 Å². The molecule has 1 fully saturated rings. The number of rotatable bonds is 0. The van der Waals surface area contributed by atoms with Crippen molar-refractivity contribution in [2.75, 3.05) is 6.54 Å². The second-order valence-electron chi connectivity index (χ2n) is 5.68. The van der Waals surface area contributed by atoms with Crippen LogP contribution in [0.5, 0.6) is 0 Å². The van der Waals surface area contributed by atoms with Gasteiger partial charge in [0.15, 0.2) is 0 Å². The van der Waals surface area contributed by atoms with Gasteiger partial charge < -0.3 is 15.4 Å². The van der Waals surface area contributed by atoms with Crippen LogP contribution in [0.1, 0.15) is 41.0 Å². The third-order valence-electron chi connectivity index (χ3n) is 2.88. The highest BCUT2D eigenvalue weighted by Crippen LogP contribution is 2.28. The predicted molar refractivity (Wildman–Crippen MR) is 59.6 cm³/mol. The van der Waals surface area contributed by atoms with Crippen molar-refractivity contribution < 1.29 is 9.53 Å². The third-order valence-corrected chi connectivity index (χ3v) is 2.88. The van der Waals surface area contributed by atoms with Gasteiger partial charge in [0, 0.05) is 12.6 Å². The maximum Gasteiger partial charge on any atom is 0.410 e. The van der Waals surface area contributed by atoms with E-state index in [-0.39, 0.29) is 17.7 Å². The van der Waals surface area contributed by atoms with Crippen LogP contribution in [0.4, 0.5) is 4.79 Å². The zero-order valence-electron chi connectivity index (χ0n) is 10.3. The Labute approximate surface area is 91.8 Å². The summed E-state index contributed by atoms with van der Waals surface area (Å²) in [6.45, 7) is 10.3. The molecular formula is C11H22N2O2. The Morgan fingerprint density at radius 2 is 2.00 bits per heavy atom. The van der Waals surface area contributed by atoms with Gasteiger partial charge in [-0.25, -0.2) is 4.79 Å². The summed E-state index contributed by atoms with van der Waals surface area (Å²) in [6, 6.07) is 0.0324. The molecular weight excluding hydrogens is 192 g/mol. The quantitative estimate of drug-likeness (QED) is 0.668. The van der Waals surface area contributed by atoms with Crippen LogP contribution < -0.4 is 5.73 Å². The molecule has 1 rings (SSSR count). The first-order chi connectivity index (χ1) is 6.64. The summed E-state index contributed by atoms with van der Waals surface area (Å²) in [6.07, 6.45) is 0.576. The van der Waals surface area contributed by atoms with Gasteiger partial charge in [-0.3, -0.25) is 0 Å². The Morgan fingerprint density at radius 1 is 1.47 bits per heavy atom. The largest absolute Gasteiger partial charge is 0.444 e. The third kappa shape index (κ3) is 2.62. The minimum Gasteiger partial charge on any atom is -0.444 e. The van der Waals surface area contributed by atoms with E-state index < -0.39 is 5.60 Å². The lowest BCUT2D eigenvalue weighted by Crippen LogP contribution is -2.52. The molecule has 2 N–H and O–H groups in total. The Hall–Kier alpha value is -0.770. The van der Waals surface area contributed by atoms with Crippen LogP contribution in [0.2, 0.25) is 0 Å². The van der Waals surface area contributed by atoms with E-state index >= 15 is 0 Å². The fourth-order valence-electron chi connectivity index (χ4n) is 1.75. The van der Waals surface area contributed by atoms with Crippen molar-refractivity contribution in [2.24, 2.45) is 5.73 Å². The number of likely N-dealkylation sites (tertiary alicyclic amines) is 1. The van der Waals surface area contributed by atoms with Crippen molar-refractivity contribution in [2.45, 2.75) is 58.2 Å². The molecule has 4 heteroatoms. The number of nitrogens with zero attached hydrogens (tertiary/aromatic N) is 1. The van der Waals surface area contributed by atoms with Crippen molar-refractivity contribution in [3.63, 3.8) is 0 Å². The fraction of sp³-hybridized carbons (Fsp3) is 0.909. The molecule has 88 valence electrons. The van der Waals surface area contributed by atoms with Gasteiger partial charge in [0.1, 0.15) is 5.60 Å². The average molecular weight is 214 g/mol. The Morgan fingerprint density at radius 3 is 2.33 bits per heavy atom. The molecule has 0 aromatic rings. The van der Waals surface area contributed by atoms with Gasteiger partial charge in [0.05, 0.1) is 5.54 Å². The minimum atomic E-state index is -0.445. The van der Waals surface area contributed by atoms with Crippen LogP contribution in [0.3, 0.4) is 0 Å². The summed E-state index contributed by atoms with van der Waals surface area (Å²) in [7, 11) is 0. The monoisotopic (exact) mass is 214 g/mol. The molecule has 0 bridgehead atoms. The lowest BCUT2D eigenvalue weighted by atomic mass is 9.97. The second-order valence-corrected chi connectivity index (χ2v) is 5.68. The molecule has 0 spiro atoms. The summed E-state index contributed by atoms with van der Waals surface area (Å²) >= 11 is 0. The number of amides is 1. The van der Waals surface area contributed by atoms with Crippen LogP contribution in [-0.2, 0) is 4.74 Å². The van der Waals surface area contributed by atoms with Crippen LogP contribution >= 0.6 is 0 Å².